The summed E-state index contributed by atoms with van der Waals surface area (Å²) in [4.78, 5) is 25.9. The number of carbonyl (C=O) groups excluding carboxylic acids is 2. The zero-order valence-electron chi connectivity index (χ0n) is 11.7. The van der Waals surface area contributed by atoms with Gasteiger partial charge < -0.3 is 5.32 Å². The third kappa shape index (κ3) is 2.52. The van der Waals surface area contributed by atoms with Gasteiger partial charge in [-0.05, 0) is 30.7 Å². The SMILES string of the molecule is Cc1ccccc1N[C@@H]1CC(=O)N(c2ccccc2)C1=O. The highest BCUT2D eigenvalue weighted by molar-refractivity contribution is 6.23. The van der Waals surface area contributed by atoms with Gasteiger partial charge in [0, 0.05) is 5.69 Å². The molecular weight excluding hydrogens is 264 g/mol. The van der Waals surface area contributed by atoms with Crippen LogP contribution in [0.25, 0.3) is 0 Å². The molecule has 0 saturated carbocycles. The fourth-order valence-electron chi connectivity index (χ4n) is 2.52. The van der Waals surface area contributed by atoms with Gasteiger partial charge in [0.2, 0.25) is 5.91 Å². The molecule has 1 N–H and O–H groups in total. The summed E-state index contributed by atoms with van der Waals surface area (Å²) >= 11 is 0. The lowest BCUT2D eigenvalue weighted by Gasteiger charge is -2.16. The Kier molecular flexibility index (Phi) is 3.44. The van der Waals surface area contributed by atoms with E-state index in [0.29, 0.717) is 5.69 Å². The Labute approximate surface area is 123 Å². The highest BCUT2D eigenvalue weighted by Crippen LogP contribution is 2.25. The quantitative estimate of drug-likeness (QED) is 0.879. The molecule has 2 aromatic carbocycles. The highest BCUT2D eigenvalue weighted by Gasteiger charge is 2.39. The van der Waals surface area contributed by atoms with Crippen LogP contribution in [0.5, 0.6) is 0 Å². The summed E-state index contributed by atoms with van der Waals surface area (Å²) in [5, 5.41) is 3.18. The zero-order valence-corrected chi connectivity index (χ0v) is 11.7. The summed E-state index contributed by atoms with van der Waals surface area (Å²) in [7, 11) is 0. The van der Waals surface area contributed by atoms with Crippen LogP contribution in [0.4, 0.5) is 11.4 Å². The topological polar surface area (TPSA) is 49.4 Å². The first kappa shape index (κ1) is 13.4. The number of anilines is 2. The number of nitrogens with zero attached hydrogens (tertiary/aromatic N) is 1. The lowest BCUT2D eigenvalue weighted by molar-refractivity contribution is -0.121. The van der Waals surface area contributed by atoms with Crippen LogP contribution in [0.15, 0.2) is 54.6 Å². The molecule has 0 spiro atoms. The van der Waals surface area contributed by atoms with Crippen molar-refractivity contribution in [2.45, 2.75) is 19.4 Å². The van der Waals surface area contributed by atoms with Gasteiger partial charge in [-0.25, -0.2) is 4.90 Å². The van der Waals surface area contributed by atoms with Crippen molar-refractivity contribution in [3.63, 3.8) is 0 Å². The summed E-state index contributed by atoms with van der Waals surface area (Å²) < 4.78 is 0. The van der Waals surface area contributed by atoms with Crippen LogP contribution in [0.3, 0.4) is 0 Å². The lowest BCUT2D eigenvalue weighted by atomic mass is 10.1. The van der Waals surface area contributed by atoms with Crippen molar-refractivity contribution in [1.82, 2.24) is 0 Å². The Morgan fingerprint density at radius 3 is 2.38 bits per heavy atom. The van der Waals surface area contributed by atoms with Crippen molar-refractivity contribution < 1.29 is 9.59 Å². The van der Waals surface area contributed by atoms with Gasteiger partial charge in [-0.2, -0.15) is 0 Å². The normalized spacial score (nSPS) is 18.1. The van der Waals surface area contributed by atoms with Crippen LogP contribution in [-0.4, -0.2) is 17.9 Å². The minimum Gasteiger partial charge on any atom is -0.373 e. The van der Waals surface area contributed by atoms with Gasteiger partial charge in [0.1, 0.15) is 6.04 Å². The van der Waals surface area contributed by atoms with E-state index in [1.54, 1.807) is 12.1 Å². The number of hydrogen-bond acceptors (Lipinski definition) is 3. The average Bonchev–Trinajstić information content (AvgIpc) is 2.77. The molecule has 0 bridgehead atoms. The summed E-state index contributed by atoms with van der Waals surface area (Å²) in [6.07, 6.45) is 0.183. The summed E-state index contributed by atoms with van der Waals surface area (Å²) in [6.45, 7) is 1.97. The molecule has 1 aliphatic heterocycles. The Bertz CT molecular complexity index is 682. The van der Waals surface area contributed by atoms with Crippen LogP contribution in [0.1, 0.15) is 12.0 Å². The standard InChI is InChI=1S/C17H16N2O2/c1-12-7-5-6-10-14(12)18-15-11-16(20)19(17(15)21)13-8-3-2-4-9-13/h2-10,15,18H,11H2,1H3/t15-/m1/s1. The van der Waals surface area contributed by atoms with E-state index in [2.05, 4.69) is 5.32 Å². The molecule has 1 aliphatic rings. The van der Waals surface area contributed by atoms with E-state index in [9.17, 15) is 9.59 Å². The van der Waals surface area contributed by atoms with Crippen LogP contribution in [0, 0.1) is 6.92 Å². The number of nitrogens with one attached hydrogen (secondary N) is 1. The molecule has 1 fully saturated rings. The molecular formula is C17H16N2O2. The number of rotatable bonds is 3. The first-order valence-electron chi connectivity index (χ1n) is 6.91. The zero-order chi connectivity index (χ0) is 14.8. The van der Waals surface area contributed by atoms with Gasteiger partial charge in [-0.1, -0.05) is 36.4 Å². The number of para-hydroxylation sites is 2. The number of carbonyl (C=O) groups is 2. The molecule has 2 amide bonds. The Hall–Kier alpha value is -2.62. The van der Waals surface area contributed by atoms with Gasteiger partial charge >= 0.3 is 0 Å². The van der Waals surface area contributed by atoms with E-state index in [1.165, 1.54) is 4.90 Å². The predicted octanol–water partition coefficient (Wildman–Crippen LogP) is 2.74. The second-order valence-electron chi connectivity index (χ2n) is 5.12. The fraction of sp³-hybridized carbons (Fsp3) is 0.176. The second kappa shape index (κ2) is 5.40. The minimum atomic E-state index is -0.501. The number of aryl methyl sites for hydroxylation is 1. The van der Waals surface area contributed by atoms with Gasteiger partial charge in [0.15, 0.2) is 0 Å². The summed E-state index contributed by atoms with van der Waals surface area (Å²) in [5.74, 6) is -0.369. The Morgan fingerprint density at radius 1 is 1.00 bits per heavy atom. The van der Waals surface area contributed by atoms with Crippen molar-refractivity contribution in [3.05, 3.63) is 60.2 Å². The summed E-state index contributed by atoms with van der Waals surface area (Å²) in [5.41, 5.74) is 2.57. The van der Waals surface area contributed by atoms with Gasteiger partial charge in [0.05, 0.1) is 12.1 Å². The first-order chi connectivity index (χ1) is 10.2. The van der Waals surface area contributed by atoms with Gasteiger partial charge in [-0.15, -0.1) is 0 Å². The van der Waals surface area contributed by atoms with Crippen molar-refractivity contribution in [1.29, 1.82) is 0 Å². The Morgan fingerprint density at radius 2 is 1.67 bits per heavy atom. The Balaban J connectivity index is 1.83. The van der Waals surface area contributed by atoms with E-state index >= 15 is 0 Å². The van der Waals surface area contributed by atoms with E-state index in [1.807, 2.05) is 49.4 Å². The van der Waals surface area contributed by atoms with Gasteiger partial charge in [0.25, 0.3) is 5.91 Å². The number of imide groups is 1. The fourth-order valence-corrected chi connectivity index (χ4v) is 2.52. The molecule has 0 aromatic heterocycles. The molecule has 0 unspecified atom stereocenters. The van der Waals surface area contributed by atoms with Gasteiger partial charge in [-0.3, -0.25) is 9.59 Å². The molecule has 1 atom stereocenters. The first-order valence-corrected chi connectivity index (χ1v) is 6.91. The van der Waals surface area contributed by atoms with Crippen LogP contribution >= 0.6 is 0 Å². The van der Waals surface area contributed by atoms with Crippen molar-refractivity contribution >= 4 is 23.2 Å². The molecule has 106 valence electrons. The monoisotopic (exact) mass is 280 g/mol. The number of amides is 2. The second-order valence-corrected chi connectivity index (χ2v) is 5.12. The maximum atomic E-state index is 12.5. The lowest BCUT2D eigenvalue weighted by Crippen LogP contribution is -2.34. The summed E-state index contributed by atoms with van der Waals surface area (Å²) in [6, 6.07) is 16.3. The molecule has 21 heavy (non-hydrogen) atoms. The molecule has 0 aliphatic carbocycles. The number of benzene rings is 2. The maximum absolute atomic E-state index is 12.5. The third-order valence-electron chi connectivity index (χ3n) is 3.64. The molecule has 4 nitrogen and oxygen atoms in total. The van der Waals surface area contributed by atoms with E-state index in [0.717, 1.165) is 11.3 Å². The van der Waals surface area contributed by atoms with E-state index in [-0.39, 0.29) is 18.2 Å². The largest absolute Gasteiger partial charge is 0.373 e. The van der Waals surface area contributed by atoms with Crippen molar-refractivity contribution in [3.8, 4) is 0 Å². The average molecular weight is 280 g/mol. The maximum Gasteiger partial charge on any atom is 0.256 e. The minimum absolute atomic E-state index is 0.169. The molecule has 0 radical (unpaired) electrons. The van der Waals surface area contributed by atoms with E-state index < -0.39 is 6.04 Å². The molecule has 1 heterocycles. The van der Waals surface area contributed by atoms with Crippen molar-refractivity contribution in [2.75, 3.05) is 10.2 Å². The number of hydrogen-bond donors (Lipinski definition) is 1. The van der Waals surface area contributed by atoms with Crippen LogP contribution in [0.2, 0.25) is 0 Å². The predicted molar refractivity (Wildman–Crippen MR) is 82.1 cm³/mol. The van der Waals surface area contributed by atoms with Crippen LogP contribution < -0.4 is 10.2 Å². The highest BCUT2D eigenvalue weighted by atomic mass is 16.2. The van der Waals surface area contributed by atoms with Crippen molar-refractivity contribution in [2.24, 2.45) is 0 Å². The van der Waals surface area contributed by atoms with E-state index in [4.69, 9.17) is 0 Å². The molecule has 4 heteroatoms. The molecule has 2 aromatic rings. The third-order valence-corrected chi connectivity index (χ3v) is 3.64. The molecule has 3 rings (SSSR count). The molecule has 1 saturated heterocycles. The smallest absolute Gasteiger partial charge is 0.256 e. The van der Waals surface area contributed by atoms with Crippen LogP contribution in [-0.2, 0) is 9.59 Å².